The van der Waals surface area contributed by atoms with Crippen molar-refractivity contribution < 1.29 is 0 Å². The van der Waals surface area contributed by atoms with Crippen molar-refractivity contribution in [3.8, 4) is 11.1 Å². The van der Waals surface area contributed by atoms with Gasteiger partial charge in [0.15, 0.2) is 0 Å². The largest absolute Gasteiger partial charge is 0.369 e. The molecule has 110 valence electrons. The summed E-state index contributed by atoms with van der Waals surface area (Å²) in [7, 11) is 2.19. The Labute approximate surface area is 127 Å². The lowest BCUT2D eigenvalue weighted by molar-refractivity contribution is 0.313. The van der Waals surface area contributed by atoms with Crippen LogP contribution in [0.5, 0.6) is 0 Å². The zero-order valence-electron chi connectivity index (χ0n) is 13.1. The Bertz CT molecular complexity index is 611. The van der Waals surface area contributed by atoms with Gasteiger partial charge in [-0.3, -0.25) is 4.98 Å². The molecule has 3 heteroatoms. The number of benzene rings is 1. The Balaban J connectivity index is 1.80. The second kappa shape index (κ2) is 5.86. The summed E-state index contributed by atoms with van der Waals surface area (Å²) in [4.78, 5) is 9.40. The Kier molecular flexibility index (Phi) is 3.93. The van der Waals surface area contributed by atoms with E-state index in [9.17, 15) is 0 Å². The van der Waals surface area contributed by atoms with E-state index < -0.39 is 0 Å². The van der Waals surface area contributed by atoms with Gasteiger partial charge in [0, 0.05) is 48.8 Å². The first kappa shape index (κ1) is 14.1. The van der Waals surface area contributed by atoms with Crippen LogP contribution in [0.25, 0.3) is 11.1 Å². The number of anilines is 1. The van der Waals surface area contributed by atoms with Crippen LogP contribution in [-0.4, -0.2) is 43.1 Å². The second-order valence-electron chi connectivity index (χ2n) is 5.92. The lowest BCUT2D eigenvalue weighted by atomic mass is 10.0. The first-order chi connectivity index (χ1) is 10.1. The van der Waals surface area contributed by atoms with Crippen LogP contribution < -0.4 is 4.90 Å². The monoisotopic (exact) mass is 281 g/mol. The summed E-state index contributed by atoms with van der Waals surface area (Å²) >= 11 is 0. The number of pyridine rings is 1. The van der Waals surface area contributed by atoms with Crippen molar-refractivity contribution in [2.45, 2.75) is 13.8 Å². The number of nitrogens with zero attached hydrogens (tertiary/aromatic N) is 3. The standard InChI is InChI=1S/C18H23N3/c1-14-4-9-18(15(2)19-14)16-5-7-17(8-6-16)21-12-10-20(3)11-13-21/h4-9H,10-13H2,1-3H3. The van der Waals surface area contributed by atoms with Gasteiger partial charge in [0.05, 0.1) is 0 Å². The van der Waals surface area contributed by atoms with Crippen molar-refractivity contribution in [2.24, 2.45) is 0 Å². The molecule has 0 spiro atoms. The van der Waals surface area contributed by atoms with Crippen molar-refractivity contribution in [1.82, 2.24) is 9.88 Å². The lowest BCUT2D eigenvalue weighted by Crippen LogP contribution is -2.44. The molecule has 0 radical (unpaired) electrons. The van der Waals surface area contributed by atoms with Crippen molar-refractivity contribution in [3.63, 3.8) is 0 Å². The maximum atomic E-state index is 4.55. The van der Waals surface area contributed by atoms with Gasteiger partial charge < -0.3 is 9.80 Å². The topological polar surface area (TPSA) is 19.4 Å². The molecule has 0 bridgehead atoms. The Morgan fingerprint density at radius 2 is 1.52 bits per heavy atom. The highest BCUT2D eigenvalue weighted by Crippen LogP contribution is 2.25. The molecule has 1 aromatic carbocycles. The first-order valence-corrected chi connectivity index (χ1v) is 7.61. The molecular formula is C18H23N3. The zero-order chi connectivity index (χ0) is 14.8. The highest BCUT2D eigenvalue weighted by Gasteiger charge is 2.14. The van der Waals surface area contributed by atoms with E-state index in [1.165, 1.54) is 16.8 Å². The molecule has 0 saturated carbocycles. The molecule has 0 aliphatic carbocycles. The molecule has 21 heavy (non-hydrogen) atoms. The van der Waals surface area contributed by atoms with Gasteiger partial charge >= 0.3 is 0 Å². The number of aryl methyl sites for hydroxylation is 2. The molecule has 1 aliphatic heterocycles. The molecule has 1 aromatic heterocycles. The van der Waals surface area contributed by atoms with Gasteiger partial charge in [-0.25, -0.2) is 0 Å². The van der Waals surface area contributed by atoms with Crippen LogP contribution in [0.2, 0.25) is 0 Å². The molecule has 3 nitrogen and oxygen atoms in total. The fourth-order valence-corrected chi connectivity index (χ4v) is 2.91. The molecule has 2 heterocycles. The molecule has 1 aliphatic rings. The quantitative estimate of drug-likeness (QED) is 0.843. The normalized spacial score (nSPS) is 16.2. The number of rotatable bonds is 2. The smallest absolute Gasteiger partial charge is 0.0454 e. The molecule has 3 rings (SSSR count). The molecule has 0 unspecified atom stereocenters. The highest BCUT2D eigenvalue weighted by atomic mass is 15.2. The minimum Gasteiger partial charge on any atom is -0.369 e. The van der Waals surface area contributed by atoms with Crippen LogP contribution in [0, 0.1) is 13.8 Å². The van der Waals surface area contributed by atoms with E-state index in [1.54, 1.807) is 0 Å². The predicted octanol–water partition coefficient (Wildman–Crippen LogP) is 3.12. The molecule has 2 aromatic rings. The minimum atomic E-state index is 1.07. The minimum absolute atomic E-state index is 1.07. The third-order valence-electron chi connectivity index (χ3n) is 4.27. The van der Waals surface area contributed by atoms with Crippen molar-refractivity contribution in [3.05, 3.63) is 47.8 Å². The number of hydrogen-bond acceptors (Lipinski definition) is 3. The summed E-state index contributed by atoms with van der Waals surface area (Å²) in [6.07, 6.45) is 0. The van der Waals surface area contributed by atoms with Crippen LogP contribution in [0.1, 0.15) is 11.4 Å². The van der Waals surface area contributed by atoms with Crippen molar-refractivity contribution in [1.29, 1.82) is 0 Å². The van der Waals surface area contributed by atoms with Crippen LogP contribution in [0.3, 0.4) is 0 Å². The summed E-state index contributed by atoms with van der Waals surface area (Å²) in [6, 6.07) is 13.2. The van der Waals surface area contributed by atoms with Gasteiger partial charge in [-0.2, -0.15) is 0 Å². The number of hydrogen-bond donors (Lipinski definition) is 0. The van der Waals surface area contributed by atoms with Crippen LogP contribution in [0.15, 0.2) is 36.4 Å². The number of piperazine rings is 1. The highest BCUT2D eigenvalue weighted by molar-refractivity contribution is 5.68. The van der Waals surface area contributed by atoms with E-state index in [2.05, 4.69) is 65.2 Å². The van der Waals surface area contributed by atoms with Gasteiger partial charge in [0.25, 0.3) is 0 Å². The zero-order valence-corrected chi connectivity index (χ0v) is 13.1. The van der Waals surface area contributed by atoms with E-state index in [0.29, 0.717) is 0 Å². The van der Waals surface area contributed by atoms with Gasteiger partial charge in [-0.15, -0.1) is 0 Å². The van der Waals surface area contributed by atoms with E-state index in [1.807, 2.05) is 6.92 Å². The molecule has 1 fully saturated rings. The first-order valence-electron chi connectivity index (χ1n) is 7.61. The average Bonchev–Trinajstić information content (AvgIpc) is 2.48. The van der Waals surface area contributed by atoms with E-state index in [-0.39, 0.29) is 0 Å². The molecular weight excluding hydrogens is 258 g/mol. The van der Waals surface area contributed by atoms with Crippen LogP contribution in [-0.2, 0) is 0 Å². The molecule has 0 amide bonds. The molecule has 0 atom stereocenters. The summed E-state index contributed by atoms with van der Waals surface area (Å²) < 4.78 is 0. The van der Waals surface area contributed by atoms with Crippen molar-refractivity contribution in [2.75, 3.05) is 38.1 Å². The van der Waals surface area contributed by atoms with Crippen LogP contribution in [0.4, 0.5) is 5.69 Å². The number of likely N-dealkylation sites (N-methyl/N-ethyl adjacent to an activating group) is 1. The maximum Gasteiger partial charge on any atom is 0.0454 e. The summed E-state index contributed by atoms with van der Waals surface area (Å²) in [6.45, 7) is 8.62. The Hall–Kier alpha value is -1.87. The van der Waals surface area contributed by atoms with E-state index >= 15 is 0 Å². The van der Waals surface area contributed by atoms with Gasteiger partial charge in [-0.05, 0) is 44.7 Å². The summed E-state index contributed by atoms with van der Waals surface area (Å²) in [5.41, 5.74) is 5.97. The number of aromatic nitrogens is 1. The van der Waals surface area contributed by atoms with Crippen LogP contribution >= 0.6 is 0 Å². The lowest BCUT2D eigenvalue weighted by Gasteiger charge is -2.34. The van der Waals surface area contributed by atoms with E-state index in [4.69, 9.17) is 0 Å². The second-order valence-corrected chi connectivity index (χ2v) is 5.92. The fraction of sp³-hybridized carbons (Fsp3) is 0.389. The third-order valence-corrected chi connectivity index (χ3v) is 4.27. The van der Waals surface area contributed by atoms with E-state index in [0.717, 1.165) is 37.6 Å². The van der Waals surface area contributed by atoms with Crippen molar-refractivity contribution >= 4 is 5.69 Å². The van der Waals surface area contributed by atoms with Gasteiger partial charge in [0.1, 0.15) is 0 Å². The Morgan fingerprint density at radius 3 is 2.14 bits per heavy atom. The molecule has 0 N–H and O–H groups in total. The SMILES string of the molecule is Cc1ccc(-c2ccc(N3CCN(C)CC3)cc2)c(C)n1. The maximum absolute atomic E-state index is 4.55. The predicted molar refractivity (Wildman–Crippen MR) is 88.9 cm³/mol. The van der Waals surface area contributed by atoms with Gasteiger partial charge in [-0.1, -0.05) is 18.2 Å². The average molecular weight is 281 g/mol. The fourth-order valence-electron chi connectivity index (χ4n) is 2.91. The summed E-state index contributed by atoms with van der Waals surface area (Å²) in [5.74, 6) is 0. The summed E-state index contributed by atoms with van der Waals surface area (Å²) in [5, 5.41) is 0. The Morgan fingerprint density at radius 1 is 0.857 bits per heavy atom. The van der Waals surface area contributed by atoms with Gasteiger partial charge in [0.2, 0.25) is 0 Å². The molecule has 1 saturated heterocycles. The third kappa shape index (κ3) is 3.08.